The van der Waals surface area contributed by atoms with Crippen LogP contribution in [0.5, 0.6) is 5.75 Å². The van der Waals surface area contributed by atoms with Gasteiger partial charge in [0.1, 0.15) is 5.75 Å². The highest BCUT2D eigenvalue weighted by Crippen LogP contribution is 2.28. The number of benzene rings is 1. The van der Waals surface area contributed by atoms with Gasteiger partial charge in [-0.15, -0.1) is 0 Å². The average molecular weight is 308 g/mol. The van der Waals surface area contributed by atoms with Gasteiger partial charge in [0.05, 0.1) is 23.3 Å². The van der Waals surface area contributed by atoms with Crippen LogP contribution in [0.25, 0.3) is 0 Å². The number of ether oxygens (including phenoxy) is 1. The fourth-order valence-electron chi connectivity index (χ4n) is 1.59. The summed E-state index contributed by atoms with van der Waals surface area (Å²) in [4.78, 5) is 10.3. The summed E-state index contributed by atoms with van der Waals surface area (Å²) in [5, 5.41) is 10.8. The van der Waals surface area contributed by atoms with E-state index in [4.69, 9.17) is 15.4 Å². The van der Waals surface area contributed by atoms with E-state index >= 15 is 0 Å². The van der Waals surface area contributed by atoms with E-state index in [1.165, 1.54) is 6.07 Å². The molecule has 0 aliphatic rings. The van der Waals surface area contributed by atoms with Crippen LogP contribution >= 0.6 is 10.7 Å². The Kier molecular flexibility index (Phi) is 5.13. The molecule has 0 N–H and O–H groups in total. The standard InChI is InChI=1S/C11H14ClNO5S/c1-8-6-9(2)11(7-10(8)13(14)15)18-4-3-5-19(12,16)17/h6-7H,3-5H2,1-2H3. The Morgan fingerprint density at radius 2 is 1.95 bits per heavy atom. The molecule has 1 rings (SSSR count). The van der Waals surface area contributed by atoms with Gasteiger partial charge < -0.3 is 4.74 Å². The van der Waals surface area contributed by atoms with E-state index in [0.29, 0.717) is 11.3 Å². The zero-order valence-corrected chi connectivity index (χ0v) is 12.1. The first kappa shape index (κ1) is 15.7. The Morgan fingerprint density at radius 3 is 2.47 bits per heavy atom. The van der Waals surface area contributed by atoms with Gasteiger partial charge in [-0.1, -0.05) is 0 Å². The summed E-state index contributed by atoms with van der Waals surface area (Å²) < 4.78 is 26.8. The van der Waals surface area contributed by atoms with Gasteiger partial charge in [-0.3, -0.25) is 10.1 Å². The first-order valence-electron chi connectivity index (χ1n) is 5.51. The summed E-state index contributed by atoms with van der Waals surface area (Å²) in [5.41, 5.74) is 1.29. The first-order chi connectivity index (χ1) is 8.70. The number of nitro benzene ring substituents is 1. The molecule has 1 aromatic rings. The van der Waals surface area contributed by atoms with Crippen molar-refractivity contribution in [1.29, 1.82) is 0 Å². The summed E-state index contributed by atoms with van der Waals surface area (Å²) in [7, 11) is 1.53. The fourth-order valence-corrected chi connectivity index (χ4v) is 2.38. The van der Waals surface area contributed by atoms with Crippen LogP contribution in [0.2, 0.25) is 0 Å². The Bertz CT molecular complexity index is 585. The van der Waals surface area contributed by atoms with Gasteiger partial charge >= 0.3 is 0 Å². The minimum atomic E-state index is -3.53. The van der Waals surface area contributed by atoms with E-state index in [1.54, 1.807) is 19.9 Å². The van der Waals surface area contributed by atoms with Gasteiger partial charge in [0.15, 0.2) is 0 Å². The molecule has 0 unspecified atom stereocenters. The van der Waals surface area contributed by atoms with E-state index < -0.39 is 14.0 Å². The lowest BCUT2D eigenvalue weighted by Crippen LogP contribution is -2.06. The summed E-state index contributed by atoms with van der Waals surface area (Å²) >= 11 is 0. The molecule has 1 aromatic carbocycles. The minimum absolute atomic E-state index is 0.0226. The number of rotatable bonds is 6. The first-order valence-corrected chi connectivity index (χ1v) is 7.99. The van der Waals surface area contributed by atoms with E-state index in [9.17, 15) is 18.5 Å². The summed E-state index contributed by atoms with van der Waals surface area (Å²) in [6.07, 6.45) is 0.229. The molecule has 0 atom stereocenters. The third kappa shape index (κ3) is 5.04. The van der Waals surface area contributed by atoms with E-state index in [-0.39, 0.29) is 24.5 Å². The highest BCUT2D eigenvalue weighted by atomic mass is 35.7. The molecule has 0 saturated heterocycles. The van der Waals surface area contributed by atoms with Gasteiger partial charge in [0, 0.05) is 16.2 Å². The molecule has 6 nitrogen and oxygen atoms in total. The molecule has 0 bridgehead atoms. The number of hydrogen-bond donors (Lipinski definition) is 0. The van der Waals surface area contributed by atoms with Crippen molar-refractivity contribution in [3.63, 3.8) is 0 Å². The second-order valence-electron chi connectivity index (χ2n) is 4.11. The fraction of sp³-hybridized carbons (Fsp3) is 0.455. The highest BCUT2D eigenvalue weighted by Gasteiger charge is 2.14. The summed E-state index contributed by atoms with van der Waals surface area (Å²) in [5.74, 6) is 0.186. The smallest absolute Gasteiger partial charge is 0.276 e. The normalized spacial score (nSPS) is 11.3. The van der Waals surface area contributed by atoms with Crippen molar-refractivity contribution in [1.82, 2.24) is 0 Å². The van der Waals surface area contributed by atoms with Crippen LogP contribution in [0.15, 0.2) is 12.1 Å². The van der Waals surface area contributed by atoms with Crippen molar-refractivity contribution in [3.8, 4) is 5.75 Å². The number of halogens is 1. The summed E-state index contributed by atoms with van der Waals surface area (Å²) in [6, 6.07) is 3.01. The van der Waals surface area contributed by atoms with Crippen molar-refractivity contribution in [2.24, 2.45) is 0 Å². The van der Waals surface area contributed by atoms with E-state index in [0.717, 1.165) is 5.56 Å². The zero-order chi connectivity index (χ0) is 14.6. The third-order valence-electron chi connectivity index (χ3n) is 2.48. The van der Waals surface area contributed by atoms with Crippen molar-refractivity contribution >= 4 is 25.4 Å². The number of nitrogens with zero attached hydrogens (tertiary/aromatic N) is 1. The molecule has 8 heteroatoms. The van der Waals surface area contributed by atoms with Crippen molar-refractivity contribution in [2.45, 2.75) is 20.3 Å². The Hall–Kier alpha value is -1.34. The Morgan fingerprint density at radius 1 is 1.32 bits per heavy atom. The van der Waals surface area contributed by atoms with Crippen LogP contribution in [0.4, 0.5) is 5.69 Å². The molecule has 0 aliphatic heterocycles. The SMILES string of the molecule is Cc1cc(C)c([N+](=O)[O-])cc1OCCCS(=O)(=O)Cl. The second-order valence-corrected chi connectivity index (χ2v) is 7.00. The number of nitro groups is 1. The van der Waals surface area contributed by atoms with Crippen molar-refractivity contribution < 1.29 is 18.1 Å². The molecule has 0 aromatic heterocycles. The third-order valence-corrected chi connectivity index (χ3v) is 3.72. The molecule has 106 valence electrons. The molecule has 0 aliphatic carbocycles. The highest BCUT2D eigenvalue weighted by molar-refractivity contribution is 8.13. The Labute approximate surface area is 115 Å². The molecular weight excluding hydrogens is 294 g/mol. The van der Waals surface area contributed by atoms with Gasteiger partial charge in [0.2, 0.25) is 9.05 Å². The predicted octanol–water partition coefficient (Wildman–Crippen LogP) is 2.55. The van der Waals surface area contributed by atoms with Gasteiger partial charge in [-0.25, -0.2) is 8.42 Å². The maximum absolute atomic E-state index is 10.8. The van der Waals surface area contributed by atoms with Gasteiger partial charge in [-0.2, -0.15) is 0 Å². The van der Waals surface area contributed by atoms with Gasteiger partial charge in [0.25, 0.3) is 5.69 Å². The zero-order valence-electron chi connectivity index (χ0n) is 10.6. The topological polar surface area (TPSA) is 86.5 Å². The van der Waals surface area contributed by atoms with Gasteiger partial charge in [-0.05, 0) is 31.9 Å². The van der Waals surface area contributed by atoms with Crippen LogP contribution in [-0.2, 0) is 9.05 Å². The molecule has 0 fully saturated rings. The maximum atomic E-state index is 10.8. The average Bonchev–Trinajstić information content (AvgIpc) is 2.24. The van der Waals surface area contributed by atoms with Crippen LogP contribution in [0.1, 0.15) is 17.5 Å². The van der Waals surface area contributed by atoms with Crippen LogP contribution in [0.3, 0.4) is 0 Å². The monoisotopic (exact) mass is 307 g/mol. The van der Waals surface area contributed by atoms with E-state index in [1.807, 2.05) is 0 Å². The Balaban J connectivity index is 2.73. The predicted molar refractivity (Wildman–Crippen MR) is 72.3 cm³/mol. The quantitative estimate of drug-likeness (QED) is 0.349. The maximum Gasteiger partial charge on any atom is 0.276 e. The van der Waals surface area contributed by atoms with E-state index in [2.05, 4.69) is 0 Å². The molecule has 0 spiro atoms. The number of aryl methyl sites for hydroxylation is 2. The molecule has 0 radical (unpaired) electrons. The van der Waals surface area contributed by atoms with Crippen LogP contribution < -0.4 is 4.74 Å². The van der Waals surface area contributed by atoms with Crippen molar-refractivity contribution in [3.05, 3.63) is 33.4 Å². The number of hydrogen-bond acceptors (Lipinski definition) is 5. The molecule has 19 heavy (non-hydrogen) atoms. The van der Waals surface area contributed by atoms with Crippen LogP contribution in [0, 0.1) is 24.0 Å². The van der Waals surface area contributed by atoms with Crippen molar-refractivity contribution in [2.75, 3.05) is 12.4 Å². The summed E-state index contributed by atoms with van der Waals surface area (Å²) in [6.45, 7) is 3.55. The lowest BCUT2D eigenvalue weighted by atomic mass is 10.1. The second kappa shape index (κ2) is 6.21. The largest absolute Gasteiger partial charge is 0.493 e. The minimum Gasteiger partial charge on any atom is -0.493 e. The lowest BCUT2D eigenvalue weighted by molar-refractivity contribution is -0.385. The molecular formula is C11H14ClNO5S. The molecule has 0 heterocycles. The molecule has 0 amide bonds. The molecule has 0 saturated carbocycles. The lowest BCUT2D eigenvalue weighted by Gasteiger charge is -2.09. The van der Waals surface area contributed by atoms with Crippen LogP contribution in [-0.4, -0.2) is 25.7 Å².